The van der Waals surface area contributed by atoms with Gasteiger partial charge in [0.05, 0.1) is 11.9 Å². The average molecular weight is 418 g/mol. The van der Waals surface area contributed by atoms with Gasteiger partial charge in [-0.1, -0.05) is 6.07 Å². The Morgan fingerprint density at radius 2 is 1.74 bits per heavy atom. The molecule has 0 aliphatic heterocycles. The molecule has 0 unspecified atom stereocenters. The van der Waals surface area contributed by atoms with Gasteiger partial charge in [-0.3, -0.25) is 4.79 Å². The van der Waals surface area contributed by atoms with Crippen LogP contribution in [0, 0.1) is 5.82 Å². The zero-order valence-electron chi connectivity index (χ0n) is 16.9. The van der Waals surface area contributed by atoms with Gasteiger partial charge in [0.1, 0.15) is 17.2 Å². The molecule has 1 amide bonds. The molecule has 0 saturated heterocycles. The predicted octanol–water partition coefficient (Wildman–Crippen LogP) is 3.82. The monoisotopic (exact) mass is 418 g/mol. The molecule has 0 aliphatic rings. The van der Waals surface area contributed by atoms with Crippen LogP contribution < -0.4 is 10.6 Å². The SMILES string of the molecule is O=C(NCCCCNc1ccccn1)c1cnn(-c2ccc(F)cc2)c1-n1cccc1. The number of carbonyl (C=O) groups excluding carboxylic acids is 1. The number of nitrogens with zero attached hydrogens (tertiary/aromatic N) is 4. The summed E-state index contributed by atoms with van der Waals surface area (Å²) < 4.78 is 16.8. The first-order chi connectivity index (χ1) is 15.2. The number of anilines is 1. The number of nitrogens with one attached hydrogen (secondary N) is 2. The molecule has 3 heterocycles. The third-order valence-electron chi connectivity index (χ3n) is 4.77. The number of benzene rings is 1. The second-order valence-corrected chi connectivity index (χ2v) is 6.97. The van der Waals surface area contributed by atoms with E-state index in [1.54, 1.807) is 23.0 Å². The second kappa shape index (κ2) is 9.71. The molecule has 0 fully saturated rings. The van der Waals surface area contributed by atoms with Crippen LogP contribution in [0.4, 0.5) is 10.2 Å². The van der Waals surface area contributed by atoms with Crippen molar-refractivity contribution in [1.29, 1.82) is 0 Å². The molecule has 0 saturated carbocycles. The van der Waals surface area contributed by atoms with Crippen molar-refractivity contribution < 1.29 is 9.18 Å². The first-order valence-corrected chi connectivity index (χ1v) is 10.1. The molecule has 0 radical (unpaired) electrons. The van der Waals surface area contributed by atoms with Crippen LogP contribution >= 0.6 is 0 Å². The number of halogens is 1. The van der Waals surface area contributed by atoms with Gasteiger partial charge in [0.2, 0.25) is 0 Å². The Kier molecular flexibility index (Phi) is 6.37. The van der Waals surface area contributed by atoms with Crippen molar-refractivity contribution in [2.45, 2.75) is 12.8 Å². The summed E-state index contributed by atoms with van der Waals surface area (Å²) in [5.41, 5.74) is 1.12. The van der Waals surface area contributed by atoms with E-state index < -0.39 is 0 Å². The lowest BCUT2D eigenvalue weighted by atomic mass is 10.2. The minimum Gasteiger partial charge on any atom is -0.370 e. The second-order valence-electron chi connectivity index (χ2n) is 6.97. The third-order valence-corrected chi connectivity index (χ3v) is 4.77. The largest absolute Gasteiger partial charge is 0.370 e. The van der Waals surface area contributed by atoms with Crippen molar-refractivity contribution in [3.63, 3.8) is 0 Å². The van der Waals surface area contributed by atoms with E-state index in [9.17, 15) is 9.18 Å². The van der Waals surface area contributed by atoms with Gasteiger partial charge >= 0.3 is 0 Å². The number of pyridine rings is 1. The topological polar surface area (TPSA) is 76.8 Å². The highest BCUT2D eigenvalue weighted by molar-refractivity contribution is 5.97. The Labute approximate surface area is 179 Å². The molecule has 1 aromatic carbocycles. The fraction of sp³-hybridized carbons (Fsp3) is 0.174. The van der Waals surface area contributed by atoms with E-state index in [0.717, 1.165) is 25.2 Å². The van der Waals surface area contributed by atoms with E-state index in [-0.39, 0.29) is 11.7 Å². The van der Waals surface area contributed by atoms with Gasteiger partial charge in [0, 0.05) is 31.7 Å². The minimum absolute atomic E-state index is 0.199. The standard InChI is InChI=1S/C23H23FN6O/c24-18-8-10-19(11-9-18)30-23(29-15-5-6-16-29)20(17-28-30)22(31)27-14-4-3-13-26-21-7-1-2-12-25-21/h1-2,5-12,15-17H,3-4,13-14H2,(H,25,26)(H,27,31). The molecule has 0 bridgehead atoms. The van der Waals surface area contributed by atoms with Crippen molar-refractivity contribution in [2.75, 3.05) is 18.4 Å². The van der Waals surface area contributed by atoms with Crippen molar-refractivity contribution in [3.8, 4) is 11.5 Å². The Balaban J connectivity index is 1.39. The van der Waals surface area contributed by atoms with Gasteiger partial charge in [-0.05, 0) is 61.4 Å². The fourth-order valence-corrected chi connectivity index (χ4v) is 3.23. The number of hydrogen-bond donors (Lipinski definition) is 2. The number of aromatic nitrogens is 4. The van der Waals surface area contributed by atoms with Gasteiger partial charge in [0.25, 0.3) is 5.91 Å². The maximum Gasteiger partial charge on any atom is 0.256 e. The zero-order valence-corrected chi connectivity index (χ0v) is 16.9. The molecular formula is C23H23FN6O. The number of amides is 1. The molecule has 4 aromatic rings. The lowest BCUT2D eigenvalue weighted by Crippen LogP contribution is -2.26. The van der Waals surface area contributed by atoms with E-state index >= 15 is 0 Å². The number of hydrogen-bond acceptors (Lipinski definition) is 4. The summed E-state index contributed by atoms with van der Waals surface area (Å²) in [6.07, 6.45) is 8.70. The summed E-state index contributed by atoms with van der Waals surface area (Å²) in [5.74, 6) is 0.922. The smallest absolute Gasteiger partial charge is 0.256 e. The van der Waals surface area contributed by atoms with Gasteiger partial charge in [-0.2, -0.15) is 5.10 Å². The highest BCUT2D eigenvalue weighted by Gasteiger charge is 2.19. The number of rotatable bonds is 9. The highest BCUT2D eigenvalue weighted by atomic mass is 19.1. The molecule has 0 atom stereocenters. The first kappa shape index (κ1) is 20.3. The lowest BCUT2D eigenvalue weighted by Gasteiger charge is -2.11. The van der Waals surface area contributed by atoms with E-state index in [4.69, 9.17) is 0 Å². The van der Waals surface area contributed by atoms with E-state index in [1.165, 1.54) is 18.3 Å². The van der Waals surface area contributed by atoms with Gasteiger partial charge in [-0.15, -0.1) is 0 Å². The van der Waals surface area contributed by atoms with Crippen molar-refractivity contribution in [2.24, 2.45) is 0 Å². The summed E-state index contributed by atoms with van der Waals surface area (Å²) in [7, 11) is 0. The Bertz CT molecular complexity index is 1110. The molecule has 31 heavy (non-hydrogen) atoms. The first-order valence-electron chi connectivity index (χ1n) is 10.1. The van der Waals surface area contributed by atoms with Crippen molar-refractivity contribution in [3.05, 3.63) is 90.8 Å². The average Bonchev–Trinajstić information content (AvgIpc) is 3.47. The molecule has 0 aliphatic carbocycles. The van der Waals surface area contributed by atoms with Crippen LogP contribution in [0.3, 0.4) is 0 Å². The maximum atomic E-state index is 13.3. The Morgan fingerprint density at radius 1 is 0.968 bits per heavy atom. The number of carbonyl (C=O) groups is 1. The van der Waals surface area contributed by atoms with E-state index in [1.807, 2.05) is 47.3 Å². The van der Waals surface area contributed by atoms with E-state index in [2.05, 4.69) is 20.7 Å². The Hall–Kier alpha value is -3.94. The maximum absolute atomic E-state index is 13.3. The summed E-state index contributed by atoms with van der Waals surface area (Å²) in [5, 5.41) is 10.6. The summed E-state index contributed by atoms with van der Waals surface area (Å²) in [4.78, 5) is 17.1. The normalized spacial score (nSPS) is 10.7. The third kappa shape index (κ3) is 4.98. The molecule has 3 aromatic heterocycles. The fourth-order valence-electron chi connectivity index (χ4n) is 3.23. The quantitative estimate of drug-likeness (QED) is 0.405. The Morgan fingerprint density at radius 3 is 2.48 bits per heavy atom. The summed E-state index contributed by atoms with van der Waals surface area (Å²) in [6.45, 7) is 1.33. The molecule has 158 valence electrons. The minimum atomic E-state index is -0.325. The molecule has 0 spiro atoms. The number of unbranched alkanes of at least 4 members (excludes halogenated alkanes) is 1. The van der Waals surface area contributed by atoms with E-state index in [0.29, 0.717) is 23.6 Å². The summed E-state index contributed by atoms with van der Waals surface area (Å²) >= 11 is 0. The van der Waals surface area contributed by atoms with Gasteiger partial charge < -0.3 is 15.2 Å². The zero-order chi connectivity index (χ0) is 21.5. The molecule has 4 rings (SSSR count). The lowest BCUT2D eigenvalue weighted by molar-refractivity contribution is 0.0953. The predicted molar refractivity (Wildman–Crippen MR) is 117 cm³/mol. The molecular weight excluding hydrogens is 395 g/mol. The van der Waals surface area contributed by atoms with Crippen LogP contribution in [-0.2, 0) is 0 Å². The van der Waals surface area contributed by atoms with Crippen molar-refractivity contribution >= 4 is 11.7 Å². The van der Waals surface area contributed by atoms with Crippen LogP contribution in [0.5, 0.6) is 0 Å². The highest BCUT2D eigenvalue weighted by Crippen LogP contribution is 2.20. The van der Waals surface area contributed by atoms with Crippen LogP contribution in [0.15, 0.2) is 79.4 Å². The summed E-state index contributed by atoms with van der Waals surface area (Å²) in [6, 6.07) is 15.5. The van der Waals surface area contributed by atoms with Gasteiger partial charge in [0.15, 0.2) is 5.82 Å². The van der Waals surface area contributed by atoms with Gasteiger partial charge in [-0.25, -0.2) is 14.1 Å². The molecule has 2 N–H and O–H groups in total. The van der Waals surface area contributed by atoms with Crippen LogP contribution in [0.25, 0.3) is 11.5 Å². The van der Waals surface area contributed by atoms with Crippen molar-refractivity contribution in [1.82, 2.24) is 24.6 Å². The van der Waals surface area contributed by atoms with Crippen LogP contribution in [0.1, 0.15) is 23.2 Å². The van der Waals surface area contributed by atoms with Crippen LogP contribution in [-0.4, -0.2) is 38.3 Å². The molecule has 7 nitrogen and oxygen atoms in total. The van der Waals surface area contributed by atoms with Crippen LogP contribution in [0.2, 0.25) is 0 Å². The molecule has 8 heteroatoms.